The Morgan fingerprint density at radius 2 is 1.79 bits per heavy atom. The lowest BCUT2D eigenvalue weighted by molar-refractivity contribution is 0.0224. The van der Waals surface area contributed by atoms with Crippen LogP contribution in [-0.4, -0.2) is 29.7 Å². The average molecular weight is 334 g/mol. The van der Waals surface area contributed by atoms with Crippen LogP contribution in [0.1, 0.15) is 63.3 Å². The first kappa shape index (κ1) is 20.5. The first-order valence-corrected chi connectivity index (χ1v) is 9.08. The topological polar surface area (TPSA) is 29.5 Å². The van der Waals surface area contributed by atoms with Crippen molar-refractivity contribution in [2.24, 2.45) is 5.92 Å². The molecule has 1 aromatic rings. The summed E-state index contributed by atoms with van der Waals surface area (Å²) in [4.78, 5) is 14.3. The Labute approximate surface area is 148 Å². The van der Waals surface area contributed by atoms with E-state index in [0.29, 0.717) is 5.92 Å². The third kappa shape index (κ3) is 6.18. The van der Waals surface area contributed by atoms with E-state index in [2.05, 4.69) is 46.8 Å². The Balaban J connectivity index is 2.77. The molecule has 0 aromatic heterocycles. The van der Waals surface area contributed by atoms with E-state index < -0.39 is 5.60 Å². The van der Waals surface area contributed by atoms with Crippen molar-refractivity contribution in [3.8, 4) is 0 Å². The van der Waals surface area contributed by atoms with E-state index in [1.807, 2.05) is 25.7 Å². The van der Waals surface area contributed by atoms with Crippen LogP contribution in [0.4, 0.5) is 4.79 Å². The second-order valence-corrected chi connectivity index (χ2v) is 8.03. The number of hydrogen-bond donors (Lipinski definition) is 0. The second-order valence-electron chi connectivity index (χ2n) is 8.03. The van der Waals surface area contributed by atoms with Crippen molar-refractivity contribution >= 4 is 6.09 Å². The average Bonchev–Trinajstić information content (AvgIpc) is 2.45. The van der Waals surface area contributed by atoms with Gasteiger partial charge in [-0.25, -0.2) is 4.79 Å². The van der Waals surface area contributed by atoms with Crippen LogP contribution in [-0.2, 0) is 11.2 Å². The number of benzene rings is 1. The van der Waals surface area contributed by atoms with Crippen LogP contribution < -0.4 is 0 Å². The van der Waals surface area contributed by atoms with Crippen molar-refractivity contribution in [3.05, 3.63) is 34.4 Å². The fourth-order valence-electron chi connectivity index (χ4n) is 2.90. The predicted octanol–water partition coefficient (Wildman–Crippen LogP) is 5.44. The molecule has 0 saturated heterocycles. The van der Waals surface area contributed by atoms with Gasteiger partial charge in [0.05, 0.1) is 0 Å². The number of aryl methyl sites for hydroxylation is 1. The highest BCUT2D eigenvalue weighted by Gasteiger charge is 2.23. The third-order valence-corrected chi connectivity index (χ3v) is 4.42. The third-order valence-electron chi connectivity index (χ3n) is 4.42. The van der Waals surface area contributed by atoms with Crippen molar-refractivity contribution in [1.29, 1.82) is 0 Å². The summed E-state index contributed by atoms with van der Waals surface area (Å²) in [6, 6.07) is 4.42. The van der Waals surface area contributed by atoms with Crippen LogP contribution in [0.25, 0.3) is 0 Å². The minimum Gasteiger partial charge on any atom is -0.444 e. The van der Waals surface area contributed by atoms with Crippen molar-refractivity contribution < 1.29 is 9.53 Å². The minimum absolute atomic E-state index is 0.201. The molecule has 0 heterocycles. The van der Waals surface area contributed by atoms with E-state index in [1.165, 1.54) is 22.3 Å². The maximum Gasteiger partial charge on any atom is 0.410 e. The molecule has 3 heteroatoms. The van der Waals surface area contributed by atoms with Crippen molar-refractivity contribution in [2.45, 2.75) is 73.8 Å². The number of carbonyl (C=O) groups excluding carboxylic acids is 1. The highest BCUT2D eigenvalue weighted by molar-refractivity contribution is 5.68. The van der Waals surface area contributed by atoms with Crippen molar-refractivity contribution in [2.75, 3.05) is 13.1 Å². The van der Waals surface area contributed by atoms with Crippen LogP contribution in [0.15, 0.2) is 12.1 Å². The molecular formula is C21H35NO2. The number of hydrogen-bond acceptors (Lipinski definition) is 2. The van der Waals surface area contributed by atoms with Gasteiger partial charge in [0.2, 0.25) is 0 Å². The van der Waals surface area contributed by atoms with Gasteiger partial charge in [0.1, 0.15) is 5.60 Å². The minimum atomic E-state index is -0.447. The summed E-state index contributed by atoms with van der Waals surface area (Å²) in [6.07, 6.45) is 1.72. The van der Waals surface area contributed by atoms with Gasteiger partial charge in [-0.15, -0.1) is 0 Å². The van der Waals surface area contributed by atoms with E-state index >= 15 is 0 Å². The Kier molecular flexibility index (Phi) is 7.31. The molecule has 0 bridgehead atoms. The maximum atomic E-state index is 12.4. The summed E-state index contributed by atoms with van der Waals surface area (Å²) >= 11 is 0. The highest BCUT2D eigenvalue weighted by Crippen LogP contribution is 2.21. The normalized spacial score (nSPS) is 12.8. The van der Waals surface area contributed by atoms with Gasteiger partial charge in [0, 0.05) is 13.1 Å². The van der Waals surface area contributed by atoms with Gasteiger partial charge < -0.3 is 9.64 Å². The number of nitrogens with zero attached hydrogens (tertiary/aromatic N) is 1. The van der Waals surface area contributed by atoms with Gasteiger partial charge in [0.25, 0.3) is 0 Å². The van der Waals surface area contributed by atoms with Gasteiger partial charge >= 0.3 is 6.09 Å². The van der Waals surface area contributed by atoms with Gasteiger partial charge in [-0.3, -0.25) is 0 Å². The Hall–Kier alpha value is -1.51. The summed E-state index contributed by atoms with van der Waals surface area (Å²) < 4.78 is 5.55. The molecule has 0 fully saturated rings. The quantitative estimate of drug-likeness (QED) is 0.694. The molecule has 136 valence electrons. The zero-order chi connectivity index (χ0) is 18.5. The largest absolute Gasteiger partial charge is 0.444 e. The van der Waals surface area contributed by atoms with Crippen molar-refractivity contribution in [1.82, 2.24) is 4.90 Å². The molecule has 0 spiro atoms. The molecule has 0 saturated carbocycles. The van der Waals surface area contributed by atoms with E-state index in [9.17, 15) is 4.79 Å². The summed E-state index contributed by atoms with van der Waals surface area (Å²) in [7, 11) is 0. The lowest BCUT2D eigenvalue weighted by Crippen LogP contribution is -2.40. The SMILES string of the molecule is CCCN(CC(C)Cc1ccc(C)c(C)c1C)C(=O)OC(C)(C)C. The first-order chi connectivity index (χ1) is 11.0. The summed E-state index contributed by atoms with van der Waals surface area (Å²) in [5.41, 5.74) is 5.02. The van der Waals surface area contributed by atoms with Gasteiger partial charge in [-0.2, -0.15) is 0 Å². The molecule has 3 nitrogen and oxygen atoms in total. The maximum absolute atomic E-state index is 12.4. The number of ether oxygens (including phenoxy) is 1. The zero-order valence-corrected chi connectivity index (χ0v) is 16.8. The van der Waals surface area contributed by atoms with Crippen LogP contribution >= 0.6 is 0 Å². The Morgan fingerprint density at radius 1 is 1.17 bits per heavy atom. The van der Waals surface area contributed by atoms with Crippen LogP contribution in [0.3, 0.4) is 0 Å². The molecule has 24 heavy (non-hydrogen) atoms. The van der Waals surface area contributed by atoms with Crippen molar-refractivity contribution in [3.63, 3.8) is 0 Å². The molecule has 0 aliphatic carbocycles. The predicted molar refractivity (Wildman–Crippen MR) is 102 cm³/mol. The standard InChI is InChI=1S/C21H35NO2/c1-9-12-22(20(23)24-21(6,7)8)14-15(2)13-19-11-10-16(3)17(4)18(19)5/h10-11,15H,9,12-14H2,1-8H3. The fraction of sp³-hybridized carbons (Fsp3) is 0.667. The van der Waals surface area contributed by atoms with Gasteiger partial charge in [-0.05, 0) is 82.6 Å². The lowest BCUT2D eigenvalue weighted by Gasteiger charge is -2.29. The van der Waals surface area contributed by atoms with E-state index in [0.717, 1.165) is 25.9 Å². The molecule has 1 atom stereocenters. The summed E-state index contributed by atoms with van der Waals surface area (Å²) in [5, 5.41) is 0. The molecule has 1 aromatic carbocycles. The molecule has 1 unspecified atom stereocenters. The molecule has 1 amide bonds. The lowest BCUT2D eigenvalue weighted by atomic mass is 9.92. The van der Waals surface area contributed by atoms with E-state index in [-0.39, 0.29) is 6.09 Å². The fourth-order valence-corrected chi connectivity index (χ4v) is 2.90. The number of rotatable bonds is 6. The summed E-state index contributed by atoms with van der Waals surface area (Å²) in [5.74, 6) is 0.393. The zero-order valence-electron chi connectivity index (χ0n) is 16.8. The van der Waals surface area contributed by atoms with Gasteiger partial charge in [-0.1, -0.05) is 26.0 Å². The van der Waals surface area contributed by atoms with Crippen LogP contribution in [0.2, 0.25) is 0 Å². The first-order valence-electron chi connectivity index (χ1n) is 9.08. The molecule has 0 N–H and O–H groups in total. The second kappa shape index (κ2) is 8.55. The monoisotopic (exact) mass is 333 g/mol. The number of amides is 1. The number of carbonyl (C=O) groups is 1. The van der Waals surface area contributed by atoms with Crippen LogP contribution in [0.5, 0.6) is 0 Å². The molecule has 0 aliphatic heterocycles. The van der Waals surface area contributed by atoms with Crippen LogP contribution in [0, 0.1) is 26.7 Å². The highest BCUT2D eigenvalue weighted by atomic mass is 16.6. The summed E-state index contributed by atoms with van der Waals surface area (Å²) in [6.45, 7) is 18.0. The Morgan fingerprint density at radius 3 is 2.33 bits per heavy atom. The van der Waals surface area contributed by atoms with E-state index in [1.54, 1.807) is 0 Å². The molecule has 1 rings (SSSR count). The van der Waals surface area contributed by atoms with E-state index in [4.69, 9.17) is 4.74 Å². The molecule has 0 aliphatic rings. The smallest absolute Gasteiger partial charge is 0.410 e. The van der Waals surface area contributed by atoms with Gasteiger partial charge in [0.15, 0.2) is 0 Å². The Bertz CT molecular complexity index is 558. The molecular weight excluding hydrogens is 298 g/mol. The molecule has 0 radical (unpaired) electrons.